The number of hydrogen-bond donors (Lipinski definition) is 2. The van der Waals surface area contributed by atoms with Gasteiger partial charge < -0.3 is 19.6 Å². The minimum atomic E-state index is -0.924. The number of benzene rings is 3. The highest BCUT2D eigenvalue weighted by Gasteiger charge is 2.08. The van der Waals surface area contributed by atoms with Gasteiger partial charge in [0, 0.05) is 23.8 Å². The first-order valence-electron chi connectivity index (χ1n) is 11.9. The summed E-state index contributed by atoms with van der Waals surface area (Å²) in [5.41, 5.74) is 4.25. The van der Waals surface area contributed by atoms with E-state index in [1.165, 1.54) is 11.8 Å². The summed E-state index contributed by atoms with van der Waals surface area (Å²) in [7, 11) is 0. The normalized spacial score (nSPS) is 10.9. The van der Waals surface area contributed by atoms with Crippen molar-refractivity contribution in [3.05, 3.63) is 84.1 Å². The highest BCUT2D eigenvalue weighted by atomic mass is 32.2. The fourth-order valence-corrected chi connectivity index (χ4v) is 4.80. The summed E-state index contributed by atoms with van der Waals surface area (Å²) in [5, 5.41) is 13.0. The van der Waals surface area contributed by atoms with Crippen LogP contribution in [0.1, 0.15) is 35.7 Å². The SMILES string of the molecule is CC(=O)NCCc1coc2ccc(SCCCCOc3ccc(-c4ccc(C(=O)O)cc4)cc3)cc12. The third kappa shape index (κ3) is 6.92. The minimum absolute atomic E-state index is 0.0233. The highest BCUT2D eigenvalue weighted by molar-refractivity contribution is 7.99. The molecule has 0 atom stereocenters. The zero-order valence-electron chi connectivity index (χ0n) is 20.2. The molecule has 6 nitrogen and oxygen atoms in total. The van der Waals surface area contributed by atoms with E-state index in [1.54, 1.807) is 18.4 Å². The van der Waals surface area contributed by atoms with Gasteiger partial charge in [-0.2, -0.15) is 0 Å². The number of furan rings is 1. The molecule has 0 saturated carbocycles. The quantitative estimate of drug-likeness (QED) is 0.171. The molecule has 1 heterocycles. The smallest absolute Gasteiger partial charge is 0.335 e. The number of carboxylic acids is 1. The van der Waals surface area contributed by atoms with Gasteiger partial charge in [-0.15, -0.1) is 11.8 Å². The second-order valence-electron chi connectivity index (χ2n) is 8.46. The molecule has 0 unspecified atom stereocenters. The van der Waals surface area contributed by atoms with Gasteiger partial charge in [0.2, 0.25) is 5.91 Å². The molecular weight excluding hydrogens is 474 g/mol. The summed E-state index contributed by atoms with van der Waals surface area (Å²) in [6, 6.07) is 21.0. The van der Waals surface area contributed by atoms with Crippen LogP contribution in [0.15, 0.2) is 82.3 Å². The van der Waals surface area contributed by atoms with Crippen molar-refractivity contribution in [3.8, 4) is 16.9 Å². The zero-order chi connectivity index (χ0) is 25.3. The van der Waals surface area contributed by atoms with Crippen molar-refractivity contribution >= 4 is 34.6 Å². The molecule has 1 aromatic heterocycles. The van der Waals surface area contributed by atoms with Gasteiger partial charge in [-0.1, -0.05) is 24.3 Å². The molecule has 0 aliphatic rings. The van der Waals surface area contributed by atoms with Crippen molar-refractivity contribution in [2.24, 2.45) is 0 Å². The summed E-state index contributed by atoms with van der Waals surface area (Å²) < 4.78 is 11.5. The lowest BCUT2D eigenvalue weighted by Gasteiger charge is -2.08. The average molecular weight is 504 g/mol. The van der Waals surface area contributed by atoms with Crippen molar-refractivity contribution in [2.75, 3.05) is 18.9 Å². The van der Waals surface area contributed by atoms with Crippen LogP contribution in [0.5, 0.6) is 5.75 Å². The van der Waals surface area contributed by atoms with Gasteiger partial charge in [0.15, 0.2) is 0 Å². The number of ether oxygens (including phenoxy) is 1. The van der Waals surface area contributed by atoms with Gasteiger partial charge >= 0.3 is 5.97 Å². The number of nitrogens with one attached hydrogen (secondary N) is 1. The number of carboxylic acid groups (broad SMARTS) is 1. The maximum atomic E-state index is 11.1. The lowest BCUT2D eigenvalue weighted by Crippen LogP contribution is -2.22. The topological polar surface area (TPSA) is 88.8 Å². The van der Waals surface area contributed by atoms with Gasteiger partial charge in [0.25, 0.3) is 0 Å². The number of fused-ring (bicyclic) bond motifs is 1. The Hall–Kier alpha value is -3.71. The first kappa shape index (κ1) is 25.4. The van der Waals surface area contributed by atoms with Crippen LogP contribution in [-0.4, -0.2) is 35.9 Å². The van der Waals surface area contributed by atoms with Crippen LogP contribution < -0.4 is 10.1 Å². The summed E-state index contributed by atoms with van der Waals surface area (Å²) in [6.45, 7) is 2.78. The van der Waals surface area contributed by atoms with Crippen LogP contribution in [0.3, 0.4) is 0 Å². The van der Waals surface area contributed by atoms with E-state index in [-0.39, 0.29) is 11.5 Å². The first-order chi connectivity index (χ1) is 17.5. The Morgan fingerprint density at radius 3 is 2.39 bits per heavy atom. The largest absolute Gasteiger partial charge is 0.494 e. The Morgan fingerprint density at radius 2 is 1.69 bits per heavy atom. The molecule has 4 aromatic rings. The van der Waals surface area contributed by atoms with Crippen molar-refractivity contribution in [2.45, 2.75) is 31.1 Å². The predicted molar refractivity (Wildman–Crippen MR) is 143 cm³/mol. The molecule has 0 aliphatic heterocycles. The maximum absolute atomic E-state index is 11.1. The maximum Gasteiger partial charge on any atom is 0.335 e. The second-order valence-corrected chi connectivity index (χ2v) is 9.63. The van der Waals surface area contributed by atoms with E-state index in [0.717, 1.165) is 58.4 Å². The van der Waals surface area contributed by atoms with Crippen molar-refractivity contribution in [1.29, 1.82) is 0 Å². The molecule has 0 fully saturated rings. The summed E-state index contributed by atoms with van der Waals surface area (Å²) in [5.74, 6) is 0.877. The third-order valence-corrected chi connectivity index (χ3v) is 6.87. The number of carbonyl (C=O) groups excluding carboxylic acids is 1. The molecule has 36 heavy (non-hydrogen) atoms. The lowest BCUT2D eigenvalue weighted by molar-refractivity contribution is -0.118. The fraction of sp³-hybridized carbons (Fsp3) is 0.241. The summed E-state index contributed by atoms with van der Waals surface area (Å²) in [4.78, 5) is 23.3. The molecule has 1 amide bonds. The van der Waals surface area contributed by atoms with Crippen LogP contribution >= 0.6 is 11.8 Å². The molecule has 0 aliphatic carbocycles. The zero-order valence-corrected chi connectivity index (χ0v) is 21.0. The molecule has 7 heteroatoms. The molecule has 0 saturated heterocycles. The van der Waals surface area contributed by atoms with E-state index >= 15 is 0 Å². The third-order valence-electron chi connectivity index (χ3n) is 5.79. The predicted octanol–water partition coefficient (Wildman–Crippen LogP) is 6.43. The van der Waals surface area contributed by atoms with E-state index in [1.807, 2.05) is 54.2 Å². The van der Waals surface area contributed by atoms with E-state index in [4.69, 9.17) is 14.3 Å². The molecule has 3 aromatic carbocycles. The van der Waals surface area contributed by atoms with Gasteiger partial charge in [0.1, 0.15) is 11.3 Å². The number of aromatic carboxylic acids is 1. The number of rotatable bonds is 12. The van der Waals surface area contributed by atoms with Crippen LogP contribution in [-0.2, 0) is 11.2 Å². The van der Waals surface area contributed by atoms with Gasteiger partial charge in [0.05, 0.1) is 18.4 Å². The Bertz CT molecular complexity index is 1310. The number of carbonyl (C=O) groups is 2. The van der Waals surface area contributed by atoms with Crippen molar-refractivity contribution in [1.82, 2.24) is 5.32 Å². The van der Waals surface area contributed by atoms with Gasteiger partial charge in [-0.25, -0.2) is 4.79 Å². The van der Waals surface area contributed by atoms with Gasteiger partial charge in [-0.05, 0) is 84.2 Å². The first-order valence-corrected chi connectivity index (χ1v) is 12.9. The number of unbranched alkanes of at least 4 members (excludes halogenated alkanes) is 1. The standard InChI is InChI=1S/C29H29NO5S/c1-20(31)30-15-14-24-19-35-28-13-12-26(18-27(24)28)36-17-3-2-16-34-25-10-8-22(9-11-25)21-4-6-23(7-5-21)29(32)33/h4-13,18-19H,2-3,14-17H2,1H3,(H,30,31)(H,32,33). The van der Waals surface area contributed by atoms with E-state index in [2.05, 4.69) is 17.4 Å². The monoisotopic (exact) mass is 503 g/mol. The highest BCUT2D eigenvalue weighted by Crippen LogP contribution is 2.28. The molecule has 2 N–H and O–H groups in total. The summed E-state index contributed by atoms with van der Waals surface area (Å²) in [6.07, 6.45) is 4.52. The second kappa shape index (κ2) is 12.3. The Morgan fingerprint density at radius 1 is 0.972 bits per heavy atom. The minimum Gasteiger partial charge on any atom is -0.494 e. The number of hydrogen-bond acceptors (Lipinski definition) is 5. The van der Waals surface area contributed by atoms with Crippen LogP contribution in [0.25, 0.3) is 22.1 Å². The van der Waals surface area contributed by atoms with E-state index in [9.17, 15) is 9.59 Å². The van der Waals surface area contributed by atoms with Crippen LogP contribution in [0, 0.1) is 0 Å². The lowest BCUT2D eigenvalue weighted by atomic mass is 10.0. The van der Waals surface area contributed by atoms with E-state index < -0.39 is 5.97 Å². The Labute approximate surface area is 214 Å². The molecule has 4 rings (SSSR count). The summed E-state index contributed by atoms with van der Waals surface area (Å²) >= 11 is 1.82. The fourth-order valence-electron chi connectivity index (χ4n) is 3.85. The Balaban J connectivity index is 1.19. The molecule has 186 valence electrons. The molecule has 0 spiro atoms. The number of amides is 1. The Kier molecular flexibility index (Phi) is 8.68. The van der Waals surface area contributed by atoms with Crippen LogP contribution in [0.2, 0.25) is 0 Å². The molecule has 0 radical (unpaired) electrons. The average Bonchev–Trinajstić information content (AvgIpc) is 3.28. The molecule has 0 bridgehead atoms. The van der Waals surface area contributed by atoms with E-state index in [0.29, 0.717) is 13.2 Å². The number of thioether (sulfide) groups is 1. The van der Waals surface area contributed by atoms with Gasteiger partial charge in [-0.3, -0.25) is 4.79 Å². The van der Waals surface area contributed by atoms with Crippen LogP contribution in [0.4, 0.5) is 0 Å². The van der Waals surface area contributed by atoms with Crippen molar-refractivity contribution < 1.29 is 23.8 Å². The molecular formula is C29H29NO5S. The van der Waals surface area contributed by atoms with Crippen molar-refractivity contribution in [3.63, 3.8) is 0 Å².